The van der Waals surface area contributed by atoms with Gasteiger partial charge in [0.25, 0.3) is 0 Å². The summed E-state index contributed by atoms with van der Waals surface area (Å²) in [6, 6.07) is -0.128. The summed E-state index contributed by atoms with van der Waals surface area (Å²) in [5, 5.41) is 0. The number of carbonyl (C=O) groups excluding carboxylic acids is 1. The topological polar surface area (TPSA) is 46.3 Å². The Hall–Kier alpha value is -0.830. The van der Waals surface area contributed by atoms with E-state index in [1.165, 1.54) is 0 Å². The molecule has 1 unspecified atom stereocenters. The molecule has 0 aliphatic rings. The van der Waals surface area contributed by atoms with Crippen molar-refractivity contribution in [3.05, 3.63) is 12.7 Å². The Morgan fingerprint density at radius 3 is 2.36 bits per heavy atom. The van der Waals surface area contributed by atoms with Gasteiger partial charge in [-0.1, -0.05) is 19.9 Å². The van der Waals surface area contributed by atoms with Crippen LogP contribution in [0.25, 0.3) is 0 Å². The molecule has 0 rings (SSSR count). The van der Waals surface area contributed by atoms with E-state index >= 15 is 0 Å². The molecule has 0 spiro atoms. The first-order chi connectivity index (χ1) is 6.58. The van der Waals surface area contributed by atoms with Crippen LogP contribution in [0.4, 0.5) is 0 Å². The van der Waals surface area contributed by atoms with Gasteiger partial charge in [-0.3, -0.25) is 4.79 Å². The maximum absolute atomic E-state index is 11.7. The van der Waals surface area contributed by atoms with E-state index in [-0.39, 0.29) is 5.91 Å². The van der Waals surface area contributed by atoms with Gasteiger partial charge in [-0.2, -0.15) is 0 Å². The molecule has 3 nitrogen and oxygen atoms in total. The molecule has 0 aromatic rings. The fourth-order valence-electron chi connectivity index (χ4n) is 1.56. The third kappa shape index (κ3) is 3.50. The monoisotopic (exact) mass is 198 g/mol. The first-order valence-electron chi connectivity index (χ1n) is 5.21. The second kappa shape index (κ2) is 6.60. The van der Waals surface area contributed by atoms with Crippen LogP contribution in [0.2, 0.25) is 0 Å². The Morgan fingerprint density at radius 2 is 2.00 bits per heavy atom. The van der Waals surface area contributed by atoms with Crippen molar-refractivity contribution >= 4 is 5.91 Å². The Bertz CT molecular complexity index is 188. The summed E-state index contributed by atoms with van der Waals surface area (Å²) in [7, 11) is 1.82. The van der Waals surface area contributed by atoms with Gasteiger partial charge < -0.3 is 10.6 Å². The highest BCUT2D eigenvalue weighted by Gasteiger charge is 2.21. The Kier molecular flexibility index (Phi) is 6.21. The minimum Gasteiger partial charge on any atom is -0.341 e. The molecule has 3 heteroatoms. The van der Waals surface area contributed by atoms with E-state index in [0.717, 1.165) is 12.8 Å². The van der Waals surface area contributed by atoms with Crippen molar-refractivity contribution in [1.29, 1.82) is 0 Å². The zero-order chi connectivity index (χ0) is 11.1. The van der Waals surface area contributed by atoms with Crippen LogP contribution in [-0.2, 0) is 4.79 Å². The van der Waals surface area contributed by atoms with Gasteiger partial charge in [0.05, 0.1) is 6.04 Å². The van der Waals surface area contributed by atoms with Crippen LogP contribution in [0, 0.1) is 0 Å². The number of nitrogens with two attached hydrogens (primary N) is 1. The molecule has 0 radical (unpaired) electrons. The summed E-state index contributed by atoms with van der Waals surface area (Å²) < 4.78 is 0. The average molecular weight is 198 g/mol. The highest BCUT2D eigenvalue weighted by molar-refractivity contribution is 5.81. The summed E-state index contributed by atoms with van der Waals surface area (Å²) >= 11 is 0. The number of nitrogens with zero attached hydrogens (tertiary/aromatic N) is 1. The standard InChI is InChI=1S/C11H22N2O/c1-5-8-10(12)11(14)13(4)9(6-2)7-3/h5,9-10H,1,6-8,12H2,2-4H3. The second-order valence-electron chi connectivity index (χ2n) is 3.55. The number of hydrogen-bond acceptors (Lipinski definition) is 2. The highest BCUT2D eigenvalue weighted by Crippen LogP contribution is 2.08. The van der Waals surface area contributed by atoms with Gasteiger partial charge in [-0.25, -0.2) is 0 Å². The molecule has 0 heterocycles. The van der Waals surface area contributed by atoms with Crippen molar-refractivity contribution in [2.75, 3.05) is 7.05 Å². The lowest BCUT2D eigenvalue weighted by Crippen LogP contribution is -2.45. The van der Waals surface area contributed by atoms with Crippen LogP contribution in [-0.4, -0.2) is 29.9 Å². The number of hydrogen-bond donors (Lipinski definition) is 1. The van der Waals surface area contributed by atoms with E-state index in [1.54, 1.807) is 11.0 Å². The zero-order valence-electron chi connectivity index (χ0n) is 9.49. The molecular formula is C11H22N2O. The fraction of sp³-hybridized carbons (Fsp3) is 0.727. The van der Waals surface area contributed by atoms with Crippen LogP contribution in [0.1, 0.15) is 33.1 Å². The van der Waals surface area contributed by atoms with E-state index in [1.807, 2.05) is 7.05 Å². The van der Waals surface area contributed by atoms with Crippen molar-refractivity contribution in [2.24, 2.45) is 5.73 Å². The predicted molar refractivity (Wildman–Crippen MR) is 59.9 cm³/mol. The van der Waals surface area contributed by atoms with E-state index in [2.05, 4.69) is 20.4 Å². The molecule has 0 aliphatic carbocycles. The minimum atomic E-state index is -0.432. The molecule has 1 atom stereocenters. The van der Waals surface area contributed by atoms with Gasteiger partial charge in [0.1, 0.15) is 0 Å². The van der Waals surface area contributed by atoms with Gasteiger partial charge in [0.15, 0.2) is 0 Å². The third-order valence-electron chi connectivity index (χ3n) is 2.58. The molecular weight excluding hydrogens is 176 g/mol. The average Bonchev–Trinajstić information content (AvgIpc) is 2.18. The summed E-state index contributed by atoms with van der Waals surface area (Å²) in [5.41, 5.74) is 5.71. The molecule has 0 saturated carbocycles. The molecule has 0 saturated heterocycles. The van der Waals surface area contributed by atoms with Gasteiger partial charge in [-0.15, -0.1) is 6.58 Å². The van der Waals surface area contributed by atoms with Crippen molar-refractivity contribution < 1.29 is 4.79 Å². The maximum Gasteiger partial charge on any atom is 0.239 e. The highest BCUT2D eigenvalue weighted by atomic mass is 16.2. The quantitative estimate of drug-likeness (QED) is 0.658. The number of amides is 1. The van der Waals surface area contributed by atoms with Crippen LogP contribution in [0.3, 0.4) is 0 Å². The Labute approximate surface area is 87.0 Å². The molecule has 0 aliphatic heterocycles. The largest absolute Gasteiger partial charge is 0.341 e. The predicted octanol–water partition coefficient (Wildman–Crippen LogP) is 1.54. The minimum absolute atomic E-state index is 0.0126. The van der Waals surface area contributed by atoms with Gasteiger partial charge in [0.2, 0.25) is 5.91 Å². The van der Waals surface area contributed by atoms with Crippen molar-refractivity contribution in [3.8, 4) is 0 Å². The van der Waals surface area contributed by atoms with Gasteiger partial charge in [-0.05, 0) is 19.3 Å². The first-order valence-corrected chi connectivity index (χ1v) is 5.21. The number of rotatable bonds is 6. The summed E-state index contributed by atoms with van der Waals surface area (Å²) in [4.78, 5) is 13.5. The number of carbonyl (C=O) groups is 1. The summed E-state index contributed by atoms with van der Waals surface area (Å²) in [6.07, 6.45) is 4.17. The van der Waals surface area contributed by atoms with E-state index in [9.17, 15) is 4.79 Å². The molecule has 0 aromatic carbocycles. The molecule has 0 bridgehead atoms. The molecule has 2 N–H and O–H groups in total. The van der Waals surface area contributed by atoms with Crippen molar-refractivity contribution in [1.82, 2.24) is 4.90 Å². The van der Waals surface area contributed by atoms with Crippen molar-refractivity contribution in [3.63, 3.8) is 0 Å². The normalized spacial score (nSPS) is 12.6. The van der Waals surface area contributed by atoms with Crippen molar-refractivity contribution in [2.45, 2.75) is 45.2 Å². The van der Waals surface area contributed by atoms with E-state index in [4.69, 9.17) is 5.73 Å². The van der Waals surface area contributed by atoms with Crippen LogP contribution < -0.4 is 5.73 Å². The summed E-state index contributed by atoms with van der Waals surface area (Å²) in [5.74, 6) is 0.0126. The Morgan fingerprint density at radius 1 is 1.50 bits per heavy atom. The summed E-state index contributed by atoms with van der Waals surface area (Å²) in [6.45, 7) is 7.74. The molecule has 14 heavy (non-hydrogen) atoms. The fourth-order valence-corrected chi connectivity index (χ4v) is 1.56. The maximum atomic E-state index is 11.7. The lowest BCUT2D eigenvalue weighted by Gasteiger charge is -2.28. The van der Waals surface area contributed by atoms with Crippen LogP contribution in [0.15, 0.2) is 12.7 Å². The third-order valence-corrected chi connectivity index (χ3v) is 2.58. The van der Waals surface area contributed by atoms with Crippen LogP contribution in [0.5, 0.6) is 0 Å². The molecule has 1 amide bonds. The lowest BCUT2D eigenvalue weighted by molar-refractivity contribution is -0.133. The smallest absolute Gasteiger partial charge is 0.239 e. The van der Waals surface area contributed by atoms with Crippen LogP contribution >= 0.6 is 0 Å². The number of likely N-dealkylation sites (N-methyl/N-ethyl adjacent to an activating group) is 1. The SMILES string of the molecule is C=CCC(N)C(=O)N(C)C(CC)CC. The zero-order valence-corrected chi connectivity index (χ0v) is 9.49. The lowest BCUT2D eigenvalue weighted by atomic mass is 10.1. The molecule has 0 fully saturated rings. The van der Waals surface area contributed by atoms with E-state index in [0.29, 0.717) is 12.5 Å². The first kappa shape index (κ1) is 13.2. The molecule has 82 valence electrons. The second-order valence-corrected chi connectivity index (χ2v) is 3.55. The van der Waals surface area contributed by atoms with E-state index < -0.39 is 6.04 Å². The Balaban J connectivity index is 4.28. The molecule has 0 aromatic heterocycles. The van der Waals surface area contributed by atoms with Gasteiger partial charge in [0, 0.05) is 13.1 Å². The van der Waals surface area contributed by atoms with Gasteiger partial charge >= 0.3 is 0 Å².